The first-order chi connectivity index (χ1) is 12.1. The normalized spacial score (nSPS) is 12.5. The maximum atomic E-state index is 5.27. The van der Waals surface area contributed by atoms with Crippen molar-refractivity contribution in [2.75, 3.05) is 40.3 Å². The average Bonchev–Trinajstić information content (AvgIpc) is 2.64. The van der Waals surface area contributed by atoms with Crippen LogP contribution in [0.1, 0.15) is 39.2 Å². The van der Waals surface area contributed by atoms with E-state index in [1.165, 1.54) is 18.5 Å². The monoisotopic (exact) mass is 476 g/mol. The first-order valence-corrected chi connectivity index (χ1v) is 9.45. The molecule has 150 valence electrons. The SMILES string of the molecule is CCN(CC)CCCC(C)NC(=NC)NCCc1cccc(OC)c1.I. The highest BCUT2D eigenvalue weighted by Gasteiger charge is 2.06. The third-order valence-electron chi connectivity index (χ3n) is 4.45. The summed E-state index contributed by atoms with van der Waals surface area (Å²) in [5.41, 5.74) is 1.26. The van der Waals surface area contributed by atoms with Crippen LogP contribution in [0.15, 0.2) is 29.3 Å². The molecule has 0 saturated heterocycles. The van der Waals surface area contributed by atoms with Gasteiger partial charge in [0, 0.05) is 19.6 Å². The van der Waals surface area contributed by atoms with Gasteiger partial charge in [-0.05, 0) is 63.5 Å². The molecule has 26 heavy (non-hydrogen) atoms. The molecular weight excluding hydrogens is 439 g/mol. The summed E-state index contributed by atoms with van der Waals surface area (Å²) in [6, 6.07) is 8.61. The zero-order valence-electron chi connectivity index (χ0n) is 17.0. The number of halogens is 1. The van der Waals surface area contributed by atoms with Crippen molar-refractivity contribution in [1.29, 1.82) is 0 Å². The van der Waals surface area contributed by atoms with E-state index in [0.29, 0.717) is 6.04 Å². The Morgan fingerprint density at radius 1 is 1.27 bits per heavy atom. The van der Waals surface area contributed by atoms with Crippen LogP contribution >= 0.6 is 24.0 Å². The number of rotatable bonds is 11. The molecule has 0 fully saturated rings. The largest absolute Gasteiger partial charge is 0.497 e. The topological polar surface area (TPSA) is 48.9 Å². The second kappa shape index (κ2) is 15.1. The van der Waals surface area contributed by atoms with Crippen LogP contribution in [0.3, 0.4) is 0 Å². The van der Waals surface area contributed by atoms with Gasteiger partial charge < -0.3 is 20.3 Å². The van der Waals surface area contributed by atoms with Crippen LogP contribution in [-0.2, 0) is 6.42 Å². The van der Waals surface area contributed by atoms with Crippen LogP contribution in [0.2, 0.25) is 0 Å². The lowest BCUT2D eigenvalue weighted by atomic mass is 10.1. The Morgan fingerprint density at radius 2 is 2.00 bits per heavy atom. The molecule has 0 saturated carbocycles. The van der Waals surface area contributed by atoms with Crippen molar-refractivity contribution >= 4 is 29.9 Å². The number of aliphatic imine (C=N–C) groups is 1. The number of hydrogen-bond acceptors (Lipinski definition) is 3. The minimum absolute atomic E-state index is 0. The van der Waals surface area contributed by atoms with Crippen LogP contribution in [-0.4, -0.2) is 57.2 Å². The summed E-state index contributed by atoms with van der Waals surface area (Å²) in [5.74, 6) is 1.78. The predicted octanol–water partition coefficient (Wildman–Crippen LogP) is 3.53. The molecule has 2 N–H and O–H groups in total. The van der Waals surface area contributed by atoms with Crippen LogP contribution in [0.4, 0.5) is 0 Å². The summed E-state index contributed by atoms with van der Waals surface area (Å²) in [7, 11) is 3.52. The standard InChI is InChI=1S/C20H36N4O.HI/c1-6-24(7-2)15-9-10-17(3)23-20(21-4)22-14-13-18-11-8-12-19(16-18)25-5;/h8,11-12,16-17H,6-7,9-10,13-15H2,1-5H3,(H2,21,22,23);1H. The highest BCUT2D eigenvalue weighted by Crippen LogP contribution is 2.12. The van der Waals surface area contributed by atoms with Crippen LogP contribution < -0.4 is 15.4 Å². The Bertz CT molecular complexity index is 506. The van der Waals surface area contributed by atoms with E-state index in [9.17, 15) is 0 Å². The number of ether oxygens (including phenoxy) is 1. The van der Waals surface area contributed by atoms with Crippen molar-refractivity contribution in [2.45, 2.75) is 46.1 Å². The van der Waals surface area contributed by atoms with Gasteiger partial charge in [0.05, 0.1) is 7.11 Å². The molecule has 1 aromatic rings. The van der Waals surface area contributed by atoms with Gasteiger partial charge in [0.15, 0.2) is 5.96 Å². The van der Waals surface area contributed by atoms with E-state index in [0.717, 1.165) is 44.2 Å². The van der Waals surface area contributed by atoms with Gasteiger partial charge in [-0.25, -0.2) is 0 Å². The van der Waals surface area contributed by atoms with Crippen molar-refractivity contribution in [3.8, 4) is 5.75 Å². The number of benzene rings is 1. The molecule has 5 nitrogen and oxygen atoms in total. The third-order valence-corrected chi connectivity index (χ3v) is 4.45. The molecule has 0 aromatic heterocycles. The Kier molecular flexibility index (Phi) is 14.5. The molecule has 1 aromatic carbocycles. The van der Waals surface area contributed by atoms with E-state index in [1.54, 1.807) is 7.11 Å². The van der Waals surface area contributed by atoms with Crippen LogP contribution in [0.5, 0.6) is 5.75 Å². The summed E-state index contributed by atoms with van der Waals surface area (Å²) >= 11 is 0. The number of nitrogens with zero attached hydrogens (tertiary/aromatic N) is 2. The molecular formula is C20H37IN4O. The zero-order valence-corrected chi connectivity index (χ0v) is 19.4. The summed E-state index contributed by atoms with van der Waals surface area (Å²) in [4.78, 5) is 6.79. The average molecular weight is 476 g/mol. The second-order valence-electron chi connectivity index (χ2n) is 6.32. The lowest BCUT2D eigenvalue weighted by molar-refractivity contribution is 0.292. The first-order valence-electron chi connectivity index (χ1n) is 9.45. The molecule has 0 radical (unpaired) electrons. The highest BCUT2D eigenvalue weighted by molar-refractivity contribution is 14.0. The third kappa shape index (κ3) is 10.2. The van der Waals surface area contributed by atoms with E-state index >= 15 is 0 Å². The van der Waals surface area contributed by atoms with Crippen molar-refractivity contribution in [3.63, 3.8) is 0 Å². The van der Waals surface area contributed by atoms with Gasteiger partial charge >= 0.3 is 0 Å². The molecule has 1 atom stereocenters. The summed E-state index contributed by atoms with van der Waals surface area (Å²) in [6.07, 6.45) is 3.29. The quantitative estimate of drug-likeness (QED) is 0.292. The Morgan fingerprint density at radius 3 is 2.62 bits per heavy atom. The van der Waals surface area contributed by atoms with Crippen molar-refractivity contribution < 1.29 is 4.74 Å². The first kappa shape index (κ1) is 25.0. The Balaban J connectivity index is 0.00000625. The molecule has 6 heteroatoms. The molecule has 1 rings (SSSR count). The minimum atomic E-state index is 0. The fourth-order valence-corrected chi connectivity index (χ4v) is 2.81. The van der Waals surface area contributed by atoms with Gasteiger partial charge in [-0.15, -0.1) is 24.0 Å². The van der Waals surface area contributed by atoms with Crippen molar-refractivity contribution in [2.24, 2.45) is 4.99 Å². The number of hydrogen-bond donors (Lipinski definition) is 2. The van der Waals surface area contributed by atoms with Gasteiger partial charge in [0.25, 0.3) is 0 Å². The summed E-state index contributed by atoms with van der Waals surface area (Å²) in [6.45, 7) is 10.9. The van der Waals surface area contributed by atoms with E-state index in [4.69, 9.17) is 4.74 Å². The molecule has 0 aliphatic heterocycles. The van der Waals surface area contributed by atoms with E-state index in [-0.39, 0.29) is 24.0 Å². The summed E-state index contributed by atoms with van der Waals surface area (Å²) < 4.78 is 5.27. The molecule has 1 unspecified atom stereocenters. The molecule has 0 heterocycles. The number of methoxy groups -OCH3 is 1. The maximum Gasteiger partial charge on any atom is 0.191 e. The van der Waals surface area contributed by atoms with Gasteiger partial charge in [-0.3, -0.25) is 4.99 Å². The lowest BCUT2D eigenvalue weighted by Gasteiger charge is -2.21. The van der Waals surface area contributed by atoms with Gasteiger partial charge in [-0.2, -0.15) is 0 Å². The maximum absolute atomic E-state index is 5.27. The van der Waals surface area contributed by atoms with Crippen LogP contribution in [0, 0.1) is 0 Å². The van der Waals surface area contributed by atoms with E-state index < -0.39 is 0 Å². The van der Waals surface area contributed by atoms with E-state index in [1.807, 2.05) is 19.2 Å². The Hall–Kier alpha value is -1.02. The molecule has 0 spiro atoms. The number of guanidine groups is 1. The molecule has 0 aliphatic carbocycles. The van der Waals surface area contributed by atoms with Gasteiger partial charge in [0.1, 0.15) is 5.75 Å². The molecule has 0 bridgehead atoms. The van der Waals surface area contributed by atoms with Gasteiger partial charge in [0.2, 0.25) is 0 Å². The lowest BCUT2D eigenvalue weighted by Crippen LogP contribution is -2.43. The number of nitrogens with one attached hydrogen (secondary N) is 2. The fourth-order valence-electron chi connectivity index (χ4n) is 2.81. The fraction of sp³-hybridized carbons (Fsp3) is 0.650. The Labute approximate surface area is 177 Å². The minimum Gasteiger partial charge on any atom is -0.497 e. The van der Waals surface area contributed by atoms with Crippen molar-refractivity contribution in [3.05, 3.63) is 29.8 Å². The zero-order chi connectivity index (χ0) is 18.5. The second-order valence-corrected chi connectivity index (χ2v) is 6.32. The smallest absolute Gasteiger partial charge is 0.191 e. The van der Waals surface area contributed by atoms with E-state index in [2.05, 4.69) is 53.4 Å². The van der Waals surface area contributed by atoms with Gasteiger partial charge in [-0.1, -0.05) is 26.0 Å². The highest BCUT2D eigenvalue weighted by atomic mass is 127. The molecule has 0 amide bonds. The predicted molar refractivity (Wildman–Crippen MR) is 123 cm³/mol. The summed E-state index contributed by atoms with van der Waals surface area (Å²) in [5, 5.41) is 6.88. The van der Waals surface area contributed by atoms with Crippen LogP contribution in [0.25, 0.3) is 0 Å². The molecule has 0 aliphatic rings. The van der Waals surface area contributed by atoms with Crippen molar-refractivity contribution in [1.82, 2.24) is 15.5 Å².